The number of nitrogens with one attached hydrogen (secondary N) is 2. The van der Waals surface area contributed by atoms with Crippen molar-refractivity contribution in [1.82, 2.24) is 9.97 Å². The van der Waals surface area contributed by atoms with E-state index in [-0.39, 0.29) is 5.69 Å². The molecule has 4 heteroatoms. The fourth-order valence-electron chi connectivity index (χ4n) is 1.43. The van der Waals surface area contributed by atoms with E-state index in [9.17, 15) is 4.79 Å². The van der Waals surface area contributed by atoms with Crippen LogP contribution in [0.1, 0.15) is 5.56 Å². The average molecular weight is 204 g/mol. The molecule has 0 radical (unpaired) electrons. The molecule has 4 nitrogen and oxygen atoms in total. The van der Waals surface area contributed by atoms with Crippen LogP contribution < -0.4 is 5.69 Å². The average Bonchev–Trinajstić information content (AvgIpc) is 2.67. The number of aromatic amines is 2. The lowest BCUT2D eigenvalue weighted by Crippen LogP contribution is -1.99. The van der Waals surface area contributed by atoms with Gasteiger partial charge in [0.15, 0.2) is 0 Å². The first-order chi connectivity index (χ1) is 7.29. The lowest BCUT2D eigenvalue weighted by molar-refractivity contribution is 0.185. The Kier molecular flexibility index (Phi) is 2.69. The number of aromatic nitrogens is 2. The summed E-state index contributed by atoms with van der Waals surface area (Å²) in [7, 11) is 1.66. The van der Waals surface area contributed by atoms with Crippen molar-refractivity contribution in [3.05, 3.63) is 46.5 Å². The highest BCUT2D eigenvalue weighted by atomic mass is 16.5. The standard InChI is InChI=1S/C11H12N2O2/c1-15-7-8-2-4-9(5-3-8)10-6-12-11(14)13-10/h2-6H,7H2,1H3,(H2,12,13,14). The number of imidazole rings is 1. The van der Waals surface area contributed by atoms with E-state index in [2.05, 4.69) is 9.97 Å². The molecule has 0 fully saturated rings. The van der Waals surface area contributed by atoms with Crippen LogP contribution in [0, 0.1) is 0 Å². The third-order valence-corrected chi connectivity index (χ3v) is 2.17. The molecule has 78 valence electrons. The zero-order valence-corrected chi connectivity index (χ0v) is 8.41. The van der Waals surface area contributed by atoms with Gasteiger partial charge in [0.1, 0.15) is 0 Å². The van der Waals surface area contributed by atoms with Gasteiger partial charge >= 0.3 is 5.69 Å². The topological polar surface area (TPSA) is 57.9 Å². The second-order valence-corrected chi connectivity index (χ2v) is 3.29. The van der Waals surface area contributed by atoms with Crippen LogP contribution >= 0.6 is 0 Å². The highest BCUT2D eigenvalue weighted by Crippen LogP contribution is 2.15. The van der Waals surface area contributed by atoms with Crippen LogP contribution in [0.5, 0.6) is 0 Å². The van der Waals surface area contributed by atoms with E-state index in [0.717, 1.165) is 16.8 Å². The van der Waals surface area contributed by atoms with Crippen molar-refractivity contribution < 1.29 is 4.74 Å². The van der Waals surface area contributed by atoms with Crippen molar-refractivity contribution in [3.63, 3.8) is 0 Å². The van der Waals surface area contributed by atoms with Crippen molar-refractivity contribution in [1.29, 1.82) is 0 Å². The van der Waals surface area contributed by atoms with Crippen LogP contribution in [0.25, 0.3) is 11.3 Å². The number of methoxy groups -OCH3 is 1. The summed E-state index contributed by atoms with van der Waals surface area (Å²) in [6, 6.07) is 7.86. The number of hydrogen-bond donors (Lipinski definition) is 2. The van der Waals surface area contributed by atoms with Gasteiger partial charge in [0.05, 0.1) is 12.3 Å². The smallest absolute Gasteiger partial charge is 0.323 e. The molecule has 2 aromatic rings. The molecule has 15 heavy (non-hydrogen) atoms. The zero-order chi connectivity index (χ0) is 10.7. The molecule has 1 aromatic carbocycles. The zero-order valence-electron chi connectivity index (χ0n) is 8.41. The maximum Gasteiger partial charge on any atom is 0.323 e. The van der Waals surface area contributed by atoms with Crippen LogP contribution in [0.2, 0.25) is 0 Å². The largest absolute Gasteiger partial charge is 0.380 e. The van der Waals surface area contributed by atoms with Crippen molar-refractivity contribution >= 4 is 0 Å². The number of benzene rings is 1. The maximum atomic E-state index is 10.9. The molecule has 0 aliphatic carbocycles. The molecule has 0 saturated carbocycles. The Morgan fingerprint density at radius 3 is 2.53 bits per heavy atom. The van der Waals surface area contributed by atoms with E-state index >= 15 is 0 Å². The molecule has 0 aliphatic rings. The van der Waals surface area contributed by atoms with Crippen molar-refractivity contribution in [3.8, 4) is 11.3 Å². The van der Waals surface area contributed by atoms with Crippen LogP contribution in [-0.4, -0.2) is 17.1 Å². The molecule has 0 bridgehead atoms. The number of ether oxygens (including phenoxy) is 1. The van der Waals surface area contributed by atoms with E-state index in [0.29, 0.717) is 6.61 Å². The van der Waals surface area contributed by atoms with Crippen LogP contribution in [0.4, 0.5) is 0 Å². The third-order valence-electron chi connectivity index (χ3n) is 2.17. The summed E-state index contributed by atoms with van der Waals surface area (Å²) >= 11 is 0. The van der Waals surface area contributed by atoms with Crippen LogP contribution in [0.3, 0.4) is 0 Å². The summed E-state index contributed by atoms with van der Waals surface area (Å²) in [5.41, 5.74) is 2.70. The molecule has 0 amide bonds. The van der Waals surface area contributed by atoms with Gasteiger partial charge in [-0.05, 0) is 11.1 Å². The molecule has 2 rings (SSSR count). The molecule has 0 unspecified atom stereocenters. The SMILES string of the molecule is COCc1ccc(-c2c[nH]c(=O)[nH]2)cc1. The molecular weight excluding hydrogens is 192 g/mol. The van der Waals surface area contributed by atoms with Gasteiger partial charge in [-0.25, -0.2) is 4.79 Å². The minimum atomic E-state index is -0.189. The van der Waals surface area contributed by atoms with Gasteiger partial charge in [0.25, 0.3) is 0 Å². The van der Waals surface area contributed by atoms with Crippen molar-refractivity contribution in [2.45, 2.75) is 6.61 Å². The van der Waals surface area contributed by atoms with Crippen molar-refractivity contribution in [2.24, 2.45) is 0 Å². The van der Waals surface area contributed by atoms with Gasteiger partial charge in [-0.3, -0.25) is 0 Å². The highest BCUT2D eigenvalue weighted by molar-refractivity contribution is 5.58. The predicted octanol–water partition coefficient (Wildman–Crippen LogP) is 1.52. The molecule has 1 heterocycles. The highest BCUT2D eigenvalue weighted by Gasteiger charge is 1.99. The first-order valence-corrected chi connectivity index (χ1v) is 4.65. The molecule has 0 atom stereocenters. The van der Waals surface area contributed by atoms with Gasteiger partial charge in [-0.1, -0.05) is 24.3 Å². The summed E-state index contributed by atoms with van der Waals surface area (Å²) < 4.78 is 5.01. The van der Waals surface area contributed by atoms with Gasteiger partial charge in [-0.15, -0.1) is 0 Å². The molecule has 2 N–H and O–H groups in total. The van der Waals surface area contributed by atoms with E-state index in [1.54, 1.807) is 13.3 Å². The fourth-order valence-corrected chi connectivity index (χ4v) is 1.43. The Balaban J connectivity index is 2.27. The Hall–Kier alpha value is -1.81. The fraction of sp³-hybridized carbons (Fsp3) is 0.182. The van der Waals surface area contributed by atoms with Crippen LogP contribution in [-0.2, 0) is 11.3 Å². The van der Waals surface area contributed by atoms with E-state index in [4.69, 9.17) is 4.74 Å². The molecule has 1 aromatic heterocycles. The molecule has 0 aliphatic heterocycles. The number of hydrogen-bond acceptors (Lipinski definition) is 2. The Labute approximate surface area is 86.9 Å². The van der Waals surface area contributed by atoms with Gasteiger partial charge < -0.3 is 14.7 Å². The molecular formula is C11H12N2O2. The minimum Gasteiger partial charge on any atom is -0.380 e. The second-order valence-electron chi connectivity index (χ2n) is 3.29. The van der Waals surface area contributed by atoms with Gasteiger partial charge in [0, 0.05) is 13.3 Å². The Morgan fingerprint density at radius 2 is 2.00 bits per heavy atom. The Morgan fingerprint density at radius 1 is 1.27 bits per heavy atom. The minimum absolute atomic E-state index is 0.189. The summed E-state index contributed by atoms with van der Waals surface area (Å²) in [6.07, 6.45) is 1.66. The normalized spacial score (nSPS) is 10.5. The summed E-state index contributed by atoms with van der Waals surface area (Å²) in [6.45, 7) is 0.601. The van der Waals surface area contributed by atoms with Gasteiger partial charge in [0.2, 0.25) is 0 Å². The number of rotatable bonds is 3. The van der Waals surface area contributed by atoms with E-state index < -0.39 is 0 Å². The van der Waals surface area contributed by atoms with Crippen molar-refractivity contribution in [2.75, 3.05) is 7.11 Å². The quantitative estimate of drug-likeness (QED) is 0.796. The molecule has 0 spiro atoms. The summed E-state index contributed by atoms with van der Waals surface area (Å²) in [5, 5.41) is 0. The molecule has 0 saturated heterocycles. The Bertz CT molecular complexity index is 482. The summed E-state index contributed by atoms with van der Waals surface area (Å²) in [5.74, 6) is 0. The van der Waals surface area contributed by atoms with E-state index in [1.165, 1.54) is 0 Å². The first kappa shape index (κ1) is 9.73. The number of H-pyrrole nitrogens is 2. The maximum absolute atomic E-state index is 10.9. The predicted molar refractivity (Wildman–Crippen MR) is 57.6 cm³/mol. The van der Waals surface area contributed by atoms with Crippen LogP contribution in [0.15, 0.2) is 35.3 Å². The summed E-state index contributed by atoms with van der Waals surface area (Å²) in [4.78, 5) is 16.2. The monoisotopic (exact) mass is 204 g/mol. The lowest BCUT2D eigenvalue weighted by Gasteiger charge is -2.01. The van der Waals surface area contributed by atoms with Gasteiger partial charge in [-0.2, -0.15) is 0 Å². The third kappa shape index (κ3) is 2.16. The van der Waals surface area contributed by atoms with E-state index in [1.807, 2.05) is 24.3 Å². The lowest BCUT2D eigenvalue weighted by atomic mass is 10.1. The second kappa shape index (κ2) is 4.14. The first-order valence-electron chi connectivity index (χ1n) is 4.65.